The van der Waals surface area contributed by atoms with E-state index in [1.807, 2.05) is 0 Å². The number of hydrogen-bond donors (Lipinski definition) is 0. The van der Waals surface area contributed by atoms with Crippen molar-refractivity contribution in [3.63, 3.8) is 0 Å². The second-order valence-corrected chi connectivity index (χ2v) is 5.65. The van der Waals surface area contributed by atoms with Crippen LogP contribution in [0.5, 0.6) is 11.6 Å². The lowest BCUT2D eigenvalue weighted by Crippen LogP contribution is -2.19. The fourth-order valence-corrected chi connectivity index (χ4v) is 2.77. The molecule has 1 aromatic carbocycles. The van der Waals surface area contributed by atoms with E-state index in [2.05, 4.69) is 9.88 Å². The predicted octanol–water partition coefficient (Wildman–Crippen LogP) is 4.40. The van der Waals surface area contributed by atoms with Crippen molar-refractivity contribution >= 4 is 11.6 Å². The summed E-state index contributed by atoms with van der Waals surface area (Å²) in [5.41, 5.74) is 0.442. The number of ether oxygens (including phenoxy) is 1. The summed E-state index contributed by atoms with van der Waals surface area (Å²) in [5.74, 6) is -1.14. The molecule has 0 amide bonds. The van der Waals surface area contributed by atoms with E-state index in [4.69, 9.17) is 16.3 Å². The van der Waals surface area contributed by atoms with Crippen LogP contribution in [0.2, 0.25) is 5.02 Å². The molecule has 3 nitrogen and oxygen atoms in total. The Hall–Kier alpha value is -1.72. The molecule has 3 rings (SSSR count). The first-order valence-electron chi connectivity index (χ1n) is 7.12. The van der Waals surface area contributed by atoms with Crippen LogP contribution in [-0.2, 0) is 6.54 Å². The van der Waals surface area contributed by atoms with Crippen molar-refractivity contribution in [3.05, 3.63) is 52.7 Å². The van der Waals surface area contributed by atoms with E-state index >= 15 is 0 Å². The van der Waals surface area contributed by atoms with Crippen molar-refractivity contribution in [2.45, 2.75) is 19.4 Å². The Morgan fingerprint density at radius 3 is 2.64 bits per heavy atom. The van der Waals surface area contributed by atoms with E-state index < -0.39 is 11.6 Å². The first-order chi connectivity index (χ1) is 10.6. The third kappa shape index (κ3) is 3.36. The SMILES string of the molecule is Fc1cccnc1Oc1cc(F)c(CN2CCCC2)c(Cl)c1. The fourth-order valence-electron chi connectivity index (χ4n) is 2.51. The Labute approximate surface area is 132 Å². The molecule has 22 heavy (non-hydrogen) atoms. The van der Waals surface area contributed by atoms with E-state index in [0.717, 1.165) is 25.9 Å². The van der Waals surface area contributed by atoms with Gasteiger partial charge in [-0.05, 0) is 38.1 Å². The van der Waals surface area contributed by atoms with E-state index in [0.29, 0.717) is 12.1 Å². The van der Waals surface area contributed by atoms with Gasteiger partial charge in [-0.2, -0.15) is 0 Å². The van der Waals surface area contributed by atoms with Gasteiger partial charge in [0.05, 0.1) is 5.02 Å². The Balaban J connectivity index is 1.81. The first-order valence-corrected chi connectivity index (χ1v) is 7.50. The molecule has 6 heteroatoms. The molecule has 0 N–H and O–H groups in total. The molecule has 1 aromatic heterocycles. The molecule has 0 atom stereocenters. The lowest BCUT2D eigenvalue weighted by Gasteiger charge is -2.17. The maximum Gasteiger partial charge on any atom is 0.255 e. The Morgan fingerprint density at radius 1 is 1.18 bits per heavy atom. The summed E-state index contributed by atoms with van der Waals surface area (Å²) in [6, 6.07) is 5.38. The Kier molecular flexibility index (Phi) is 4.55. The summed E-state index contributed by atoms with van der Waals surface area (Å²) in [6.45, 7) is 2.38. The monoisotopic (exact) mass is 324 g/mol. The van der Waals surface area contributed by atoms with Gasteiger partial charge >= 0.3 is 0 Å². The topological polar surface area (TPSA) is 25.4 Å². The molecule has 1 aliphatic heterocycles. The van der Waals surface area contributed by atoms with Crippen LogP contribution < -0.4 is 4.74 Å². The standard InChI is InChI=1S/C16H15ClF2N2O/c17-13-8-11(22-16-14(18)4-3-5-20-16)9-15(19)12(13)10-21-6-1-2-7-21/h3-5,8-9H,1-2,6-7,10H2. The predicted molar refractivity (Wildman–Crippen MR) is 80.2 cm³/mol. The van der Waals surface area contributed by atoms with E-state index in [1.54, 1.807) is 0 Å². The lowest BCUT2D eigenvalue weighted by atomic mass is 10.2. The Morgan fingerprint density at radius 2 is 1.95 bits per heavy atom. The summed E-state index contributed by atoms with van der Waals surface area (Å²) < 4.78 is 33.0. The van der Waals surface area contributed by atoms with Crippen LogP contribution in [0.3, 0.4) is 0 Å². The summed E-state index contributed by atoms with van der Waals surface area (Å²) in [6.07, 6.45) is 3.65. The summed E-state index contributed by atoms with van der Waals surface area (Å²) in [5, 5.41) is 0.276. The van der Waals surface area contributed by atoms with Gasteiger partial charge < -0.3 is 4.74 Å². The normalized spacial score (nSPS) is 15.2. The molecule has 1 fully saturated rings. The number of nitrogens with zero attached hydrogens (tertiary/aromatic N) is 2. The summed E-state index contributed by atoms with van der Waals surface area (Å²) in [4.78, 5) is 5.92. The number of rotatable bonds is 4. The van der Waals surface area contributed by atoms with E-state index in [1.165, 1.54) is 30.5 Å². The van der Waals surface area contributed by atoms with Crippen LogP contribution in [0, 0.1) is 11.6 Å². The molecule has 0 aliphatic carbocycles. The lowest BCUT2D eigenvalue weighted by molar-refractivity contribution is 0.325. The van der Waals surface area contributed by atoms with Crippen molar-refractivity contribution < 1.29 is 13.5 Å². The largest absolute Gasteiger partial charge is 0.436 e. The fraction of sp³-hybridized carbons (Fsp3) is 0.312. The van der Waals surface area contributed by atoms with Gasteiger partial charge in [-0.3, -0.25) is 4.90 Å². The molecule has 0 saturated carbocycles. The highest BCUT2D eigenvalue weighted by Crippen LogP contribution is 2.30. The van der Waals surface area contributed by atoms with Gasteiger partial charge in [0.25, 0.3) is 5.88 Å². The molecule has 116 valence electrons. The number of halogens is 3. The molecule has 2 aromatic rings. The van der Waals surface area contributed by atoms with Gasteiger partial charge in [-0.1, -0.05) is 11.6 Å². The molecule has 0 radical (unpaired) electrons. The zero-order valence-corrected chi connectivity index (χ0v) is 12.6. The maximum absolute atomic E-state index is 14.3. The average molecular weight is 325 g/mol. The van der Waals surface area contributed by atoms with Gasteiger partial charge in [0.15, 0.2) is 5.82 Å². The number of pyridine rings is 1. The smallest absolute Gasteiger partial charge is 0.255 e. The van der Waals surface area contributed by atoms with Gasteiger partial charge in [-0.25, -0.2) is 13.8 Å². The Bertz CT molecular complexity index is 652. The molecule has 0 spiro atoms. The second-order valence-electron chi connectivity index (χ2n) is 5.24. The van der Waals surface area contributed by atoms with Gasteiger partial charge in [-0.15, -0.1) is 0 Å². The minimum atomic E-state index is -0.611. The van der Waals surface area contributed by atoms with Crippen molar-refractivity contribution in [2.24, 2.45) is 0 Å². The van der Waals surface area contributed by atoms with Crippen LogP contribution in [0.4, 0.5) is 8.78 Å². The number of likely N-dealkylation sites (tertiary alicyclic amines) is 1. The van der Waals surface area contributed by atoms with Crippen molar-refractivity contribution in [1.82, 2.24) is 9.88 Å². The minimum Gasteiger partial charge on any atom is -0.436 e. The van der Waals surface area contributed by atoms with Crippen LogP contribution in [-0.4, -0.2) is 23.0 Å². The molecule has 0 bridgehead atoms. The van der Waals surface area contributed by atoms with Crippen LogP contribution in [0.15, 0.2) is 30.5 Å². The second kappa shape index (κ2) is 6.58. The quantitative estimate of drug-likeness (QED) is 0.833. The van der Waals surface area contributed by atoms with Gasteiger partial charge in [0.2, 0.25) is 0 Å². The average Bonchev–Trinajstić information content (AvgIpc) is 2.98. The summed E-state index contributed by atoms with van der Waals surface area (Å²) >= 11 is 6.16. The highest BCUT2D eigenvalue weighted by atomic mass is 35.5. The van der Waals surface area contributed by atoms with Crippen LogP contribution >= 0.6 is 11.6 Å². The molecule has 0 unspecified atom stereocenters. The number of hydrogen-bond acceptors (Lipinski definition) is 3. The van der Waals surface area contributed by atoms with Crippen molar-refractivity contribution in [1.29, 1.82) is 0 Å². The van der Waals surface area contributed by atoms with Crippen LogP contribution in [0.1, 0.15) is 18.4 Å². The first kappa shape index (κ1) is 15.2. The molecule has 1 aliphatic rings. The number of benzene rings is 1. The highest BCUT2D eigenvalue weighted by molar-refractivity contribution is 6.31. The van der Waals surface area contributed by atoms with E-state index in [-0.39, 0.29) is 16.7 Å². The molecule has 1 saturated heterocycles. The van der Waals surface area contributed by atoms with Gasteiger partial charge in [0, 0.05) is 30.4 Å². The summed E-state index contributed by atoms with van der Waals surface area (Å²) in [7, 11) is 0. The zero-order chi connectivity index (χ0) is 15.5. The molecular formula is C16H15ClF2N2O. The van der Waals surface area contributed by atoms with Crippen molar-refractivity contribution in [2.75, 3.05) is 13.1 Å². The van der Waals surface area contributed by atoms with Gasteiger partial charge in [0.1, 0.15) is 11.6 Å². The van der Waals surface area contributed by atoms with Crippen molar-refractivity contribution in [3.8, 4) is 11.6 Å². The molecule has 2 heterocycles. The third-order valence-corrected chi connectivity index (χ3v) is 3.97. The molecular weight excluding hydrogens is 310 g/mol. The number of aromatic nitrogens is 1. The van der Waals surface area contributed by atoms with E-state index in [9.17, 15) is 8.78 Å². The zero-order valence-electron chi connectivity index (χ0n) is 11.9. The van der Waals surface area contributed by atoms with Crippen LogP contribution in [0.25, 0.3) is 0 Å². The minimum absolute atomic E-state index is 0.130. The third-order valence-electron chi connectivity index (χ3n) is 3.63. The maximum atomic E-state index is 14.3. The highest BCUT2D eigenvalue weighted by Gasteiger charge is 2.18.